The topological polar surface area (TPSA) is 107 Å². The Labute approximate surface area is 153 Å². The second kappa shape index (κ2) is 6.38. The number of carbonyl (C=O) groups excluding carboxylic acids is 2. The van der Waals surface area contributed by atoms with Gasteiger partial charge in [0.1, 0.15) is 5.82 Å². The van der Waals surface area contributed by atoms with E-state index in [9.17, 15) is 14.4 Å². The maximum absolute atomic E-state index is 12.5. The van der Waals surface area contributed by atoms with E-state index in [1.54, 1.807) is 24.4 Å². The molecule has 0 saturated carbocycles. The summed E-state index contributed by atoms with van der Waals surface area (Å²) in [6.45, 7) is 0. The average molecular weight is 358 g/mol. The molecule has 27 heavy (non-hydrogen) atoms. The van der Waals surface area contributed by atoms with Gasteiger partial charge < -0.3 is 5.73 Å². The van der Waals surface area contributed by atoms with Crippen molar-refractivity contribution in [1.82, 2.24) is 14.9 Å². The zero-order chi connectivity index (χ0) is 19.0. The largest absolute Gasteiger partial charge is 0.384 e. The van der Waals surface area contributed by atoms with Gasteiger partial charge in [0.2, 0.25) is 0 Å². The Kier molecular flexibility index (Phi) is 3.89. The smallest absolute Gasteiger partial charge is 0.262 e. The van der Waals surface area contributed by atoms with Crippen LogP contribution in [-0.2, 0) is 0 Å². The van der Waals surface area contributed by atoms with Crippen LogP contribution >= 0.6 is 0 Å². The number of aromatic nitrogens is 2. The molecule has 2 amide bonds. The van der Waals surface area contributed by atoms with E-state index in [4.69, 9.17) is 5.73 Å². The van der Waals surface area contributed by atoms with Crippen LogP contribution in [-0.4, -0.2) is 21.4 Å². The van der Waals surface area contributed by atoms with Gasteiger partial charge >= 0.3 is 0 Å². The lowest BCUT2D eigenvalue weighted by molar-refractivity contribution is 0.0880. The quantitative estimate of drug-likeness (QED) is 0.695. The molecular formula is C20H14N4O3. The molecule has 7 heteroatoms. The number of nitrogens with one attached hydrogen (secondary N) is 1. The van der Waals surface area contributed by atoms with Gasteiger partial charge in [-0.25, -0.2) is 0 Å². The Bertz CT molecular complexity index is 1160. The van der Waals surface area contributed by atoms with Crippen molar-refractivity contribution in [2.45, 2.75) is 0 Å². The van der Waals surface area contributed by atoms with E-state index in [0.29, 0.717) is 5.69 Å². The minimum Gasteiger partial charge on any atom is -0.384 e. The van der Waals surface area contributed by atoms with Crippen LogP contribution in [0.25, 0.3) is 17.8 Å². The maximum Gasteiger partial charge on any atom is 0.262 e. The highest BCUT2D eigenvalue weighted by Gasteiger charge is 2.31. The highest BCUT2D eigenvalue weighted by molar-refractivity contribution is 6.23. The highest BCUT2D eigenvalue weighted by Crippen LogP contribution is 2.23. The first-order valence-electron chi connectivity index (χ1n) is 8.15. The fourth-order valence-electron chi connectivity index (χ4n) is 2.97. The minimum atomic E-state index is -0.613. The molecule has 0 fully saturated rings. The van der Waals surface area contributed by atoms with E-state index in [1.807, 2.05) is 36.4 Å². The molecule has 1 aliphatic heterocycles. The van der Waals surface area contributed by atoms with E-state index in [2.05, 4.69) is 10.3 Å². The van der Waals surface area contributed by atoms with Crippen LogP contribution in [0.4, 0.5) is 5.82 Å². The number of nitrogen functional groups attached to an aromatic ring is 1. The van der Waals surface area contributed by atoms with Crippen LogP contribution in [0.5, 0.6) is 0 Å². The number of fused-ring (bicyclic) bond motifs is 1. The lowest BCUT2D eigenvalue weighted by Gasteiger charge is -2.12. The Morgan fingerprint density at radius 1 is 0.963 bits per heavy atom. The summed E-state index contributed by atoms with van der Waals surface area (Å²) >= 11 is 0. The highest BCUT2D eigenvalue weighted by atomic mass is 16.2. The van der Waals surface area contributed by atoms with Crippen LogP contribution in [0, 0.1) is 0 Å². The monoisotopic (exact) mass is 358 g/mol. The summed E-state index contributed by atoms with van der Waals surface area (Å²) < 4.78 is 1.22. The zero-order valence-corrected chi connectivity index (χ0v) is 14.0. The summed E-state index contributed by atoms with van der Waals surface area (Å²) in [7, 11) is 0. The lowest BCUT2D eigenvalue weighted by Crippen LogP contribution is -2.24. The fraction of sp³-hybridized carbons (Fsp3) is 0. The molecule has 3 heterocycles. The van der Waals surface area contributed by atoms with Crippen molar-refractivity contribution in [2.24, 2.45) is 0 Å². The number of pyridine rings is 2. The standard InChI is InChI=1S/C20H14N4O3/c21-18-17-15(19(26)23-20(17)27)11-16(25)24(18)14-6-3-4-12(10-14)7-8-13-5-1-2-9-22-13/h1-11H,21H2,(H,23,26,27). The van der Waals surface area contributed by atoms with Crippen LogP contribution in [0.1, 0.15) is 32.0 Å². The van der Waals surface area contributed by atoms with Crippen LogP contribution < -0.4 is 16.6 Å². The molecule has 0 radical (unpaired) electrons. The number of hydrogen-bond acceptors (Lipinski definition) is 5. The van der Waals surface area contributed by atoms with Gasteiger partial charge in [-0.05, 0) is 35.9 Å². The number of carbonyl (C=O) groups is 2. The number of amides is 2. The zero-order valence-electron chi connectivity index (χ0n) is 14.0. The number of anilines is 1. The normalized spacial score (nSPS) is 13.0. The molecule has 1 aromatic carbocycles. The van der Waals surface area contributed by atoms with Gasteiger partial charge in [-0.2, -0.15) is 0 Å². The van der Waals surface area contributed by atoms with Gasteiger partial charge in [0, 0.05) is 12.3 Å². The molecule has 0 atom stereocenters. The number of nitrogens with two attached hydrogens (primary N) is 1. The summed E-state index contributed by atoms with van der Waals surface area (Å²) in [6, 6.07) is 13.8. The summed E-state index contributed by atoms with van der Waals surface area (Å²) in [4.78, 5) is 40.4. The first-order chi connectivity index (χ1) is 13.0. The Hall–Kier alpha value is -4.00. The van der Waals surface area contributed by atoms with Gasteiger partial charge in [-0.1, -0.05) is 24.3 Å². The van der Waals surface area contributed by atoms with Crippen molar-refractivity contribution in [3.8, 4) is 5.69 Å². The Morgan fingerprint density at radius 3 is 2.59 bits per heavy atom. The van der Waals surface area contributed by atoms with Gasteiger partial charge in [0.25, 0.3) is 17.4 Å². The summed E-state index contributed by atoms with van der Waals surface area (Å²) in [5, 5.41) is 2.15. The molecule has 4 rings (SSSR count). The van der Waals surface area contributed by atoms with Crippen molar-refractivity contribution in [2.75, 3.05) is 5.73 Å². The number of imide groups is 1. The third kappa shape index (κ3) is 2.91. The molecule has 2 aromatic heterocycles. The van der Waals surface area contributed by atoms with Crippen molar-refractivity contribution in [1.29, 1.82) is 0 Å². The Balaban J connectivity index is 1.78. The number of benzene rings is 1. The third-order valence-corrected chi connectivity index (χ3v) is 4.22. The van der Waals surface area contributed by atoms with Gasteiger partial charge in [0.05, 0.1) is 22.5 Å². The van der Waals surface area contributed by atoms with E-state index in [-0.39, 0.29) is 16.9 Å². The molecule has 3 aromatic rings. The number of hydrogen-bond donors (Lipinski definition) is 2. The molecule has 0 unspecified atom stereocenters. The number of nitrogens with zero attached hydrogens (tertiary/aromatic N) is 2. The van der Waals surface area contributed by atoms with E-state index >= 15 is 0 Å². The van der Waals surface area contributed by atoms with E-state index in [0.717, 1.165) is 17.3 Å². The molecule has 0 aliphatic carbocycles. The van der Waals surface area contributed by atoms with Gasteiger partial charge in [0.15, 0.2) is 0 Å². The van der Waals surface area contributed by atoms with E-state index in [1.165, 1.54) is 4.57 Å². The molecule has 1 aliphatic rings. The third-order valence-electron chi connectivity index (χ3n) is 4.22. The van der Waals surface area contributed by atoms with Crippen LogP contribution in [0.2, 0.25) is 0 Å². The SMILES string of the molecule is Nc1c2c(cc(=O)n1-c1cccc(C=Cc3ccccn3)c1)C(=O)NC2=O. The second-order valence-corrected chi connectivity index (χ2v) is 5.96. The van der Waals surface area contributed by atoms with E-state index < -0.39 is 17.4 Å². The lowest BCUT2D eigenvalue weighted by atomic mass is 10.1. The number of rotatable bonds is 3. The van der Waals surface area contributed by atoms with Gasteiger partial charge in [-0.3, -0.25) is 29.3 Å². The Morgan fingerprint density at radius 2 is 1.81 bits per heavy atom. The first kappa shape index (κ1) is 16.5. The summed E-state index contributed by atoms with van der Waals surface area (Å²) in [5.74, 6) is -1.28. The van der Waals surface area contributed by atoms with Crippen LogP contribution in [0.15, 0.2) is 59.5 Å². The summed E-state index contributed by atoms with van der Waals surface area (Å²) in [5.41, 5.74) is 7.72. The van der Waals surface area contributed by atoms with Gasteiger partial charge in [-0.15, -0.1) is 0 Å². The van der Waals surface area contributed by atoms with Crippen molar-refractivity contribution < 1.29 is 9.59 Å². The molecule has 7 nitrogen and oxygen atoms in total. The molecule has 132 valence electrons. The molecule has 3 N–H and O–H groups in total. The first-order valence-corrected chi connectivity index (χ1v) is 8.15. The van der Waals surface area contributed by atoms with Crippen molar-refractivity contribution in [3.63, 3.8) is 0 Å². The molecular weight excluding hydrogens is 344 g/mol. The van der Waals surface area contributed by atoms with Crippen LogP contribution in [0.3, 0.4) is 0 Å². The molecule has 0 saturated heterocycles. The maximum atomic E-state index is 12.5. The average Bonchev–Trinajstić information content (AvgIpc) is 2.95. The minimum absolute atomic E-state index is 0.00459. The second-order valence-electron chi connectivity index (χ2n) is 5.96. The van der Waals surface area contributed by atoms with Crippen molar-refractivity contribution in [3.05, 3.63) is 87.5 Å². The van der Waals surface area contributed by atoms with Crippen molar-refractivity contribution >= 4 is 29.8 Å². The molecule has 0 bridgehead atoms. The molecule has 0 spiro atoms. The predicted octanol–water partition coefficient (Wildman–Crippen LogP) is 1.87. The summed E-state index contributed by atoms with van der Waals surface area (Å²) in [6.07, 6.45) is 5.41. The predicted molar refractivity (Wildman–Crippen MR) is 101 cm³/mol. The fourth-order valence-corrected chi connectivity index (χ4v) is 2.97.